The average molecular weight is 367 g/mol. The molecule has 0 saturated carbocycles. The maximum atomic E-state index is 12.9. The fourth-order valence-corrected chi connectivity index (χ4v) is 3.39. The number of carbonyl (C=O) groups excluding carboxylic acids is 2. The number of amides is 2. The second-order valence-corrected chi connectivity index (χ2v) is 6.76. The van der Waals surface area contributed by atoms with Crippen LogP contribution in [0.4, 0.5) is 11.4 Å². The Hall–Kier alpha value is -3.22. The van der Waals surface area contributed by atoms with Gasteiger partial charge in [-0.05, 0) is 44.5 Å². The van der Waals surface area contributed by atoms with Gasteiger partial charge in [0, 0.05) is 36.5 Å². The molecule has 3 rings (SSSR count). The Labute approximate surface area is 157 Å². The van der Waals surface area contributed by atoms with Crippen LogP contribution in [0.25, 0.3) is 0 Å². The Morgan fingerprint density at radius 3 is 2.37 bits per heavy atom. The summed E-state index contributed by atoms with van der Waals surface area (Å²) in [5.74, 6) is -0.436. The molecule has 0 aliphatic carbocycles. The van der Waals surface area contributed by atoms with Crippen LogP contribution in [0.1, 0.15) is 28.4 Å². The average Bonchev–Trinajstić information content (AvgIpc) is 2.64. The number of hydrogen-bond acceptors (Lipinski definition) is 4. The fourth-order valence-electron chi connectivity index (χ4n) is 3.39. The molecule has 1 fully saturated rings. The smallest absolute Gasteiger partial charge is 0.269 e. The lowest BCUT2D eigenvalue weighted by Crippen LogP contribution is -2.57. The van der Waals surface area contributed by atoms with E-state index >= 15 is 0 Å². The van der Waals surface area contributed by atoms with E-state index in [1.165, 1.54) is 29.2 Å². The normalized spacial score (nSPS) is 17.1. The molecule has 1 unspecified atom stereocenters. The molecule has 1 aliphatic heterocycles. The summed E-state index contributed by atoms with van der Waals surface area (Å²) in [6.07, 6.45) is 0. The first-order valence-electron chi connectivity index (χ1n) is 8.73. The Morgan fingerprint density at radius 1 is 1.11 bits per heavy atom. The lowest BCUT2D eigenvalue weighted by atomic mass is 10.1. The number of carbonyl (C=O) groups is 2. The zero-order valence-electron chi connectivity index (χ0n) is 15.5. The number of nitrogens with zero attached hydrogens (tertiary/aromatic N) is 3. The third-order valence-corrected chi connectivity index (χ3v) is 4.88. The number of benzene rings is 2. The number of rotatable bonds is 3. The molecule has 140 valence electrons. The molecule has 1 saturated heterocycles. The summed E-state index contributed by atoms with van der Waals surface area (Å²) < 4.78 is 0. The molecule has 0 aromatic heterocycles. The molecule has 7 nitrogen and oxygen atoms in total. The number of aryl methyl sites for hydroxylation is 2. The molecule has 0 radical (unpaired) electrons. The predicted molar refractivity (Wildman–Crippen MR) is 102 cm³/mol. The summed E-state index contributed by atoms with van der Waals surface area (Å²) >= 11 is 0. The van der Waals surface area contributed by atoms with Gasteiger partial charge in [-0.2, -0.15) is 0 Å². The quantitative estimate of drug-likeness (QED) is 0.616. The molecule has 7 heteroatoms. The molecule has 0 spiro atoms. The van der Waals surface area contributed by atoms with Crippen molar-refractivity contribution in [2.45, 2.75) is 26.8 Å². The topological polar surface area (TPSA) is 83.8 Å². The van der Waals surface area contributed by atoms with Gasteiger partial charge in [-0.15, -0.1) is 0 Å². The van der Waals surface area contributed by atoms with Crippen molar-refractivity contribution in [1.82, 2.24) is 4.90 Å². The largest absolute Gasteiger partial charge is 0.325 e. The molecule has 2 aromatic carbocycles. The zero-order chi connectivity index (χ0) is 19.7. The Bertz CT molecular complexity index is 908. The van der Waals surface area contributed by atoms with Crippen molar-refractivity contribution in [2.75, 3.05) is 18.0 Å². The second-order valence-electron chi connectivity index (χ2n) is 6.76. The molecule has 1 atom stereocenters. The number of nitro benzene ring substituents is 1. The summed E-state index contributed by atoms with van der Waals surface area (Å²) in [5.41, 5.74) is 3.27. The molecule has 27 heavy (non-hydrogen) atoms. The minimum absolute atomic E-state index is 0.0738. The molecule has 2 amide bonds. The van der Waals surface area contributed by atoms with Gasteiger partial charge >= 0.3 is 0 Å². The van der Waals surface area contributed by atoms with Crippen LogP contribution in [0, 0.1) is 24.0 Å². The zero-order valence-corrected chi connectivity index (χ0v) is 15.5. The summed E-state index contributed by atoms with van der Waals surface area (Å²) in [5, 5.41) is 10.8. The van der Waals surface area contributed by atoms with Crippen molar-refractivity contribution in [1.29, 1.82) is 0 Å². The Morgan fingerprint density at radius 2 is 1.78 bits per heavy atom. The molecule has 0 N–H and O–H groups in total. The van der Waals surface area contributed by atoms with Gasteiger partial charge in [-0.1, -0.05) is 17.7 Å². The van der Waals surface area contributed by atoms with E-state index in [1.54, 1.807) is 11.8 Å². The highest BCUT2D eigenvalue weighted by Crippen LogP contribution is 2.26. The van der Waals surface area contributed by atoms with Crippen molar-refractivity contribution in [2.24, 2.45) is 0 Å². The first-order valence-corrected chi connectivity index (χ1v) is 8.73. The summed E-state index contributed by atoms with van der Waals surface area (Å²) in [7, 11) is 0. The van der Waals surface area contributed by atoms with Crippen LogP contribution < -0.4 is 4.90 Å². The van der Waals surface area contributed by atoms with Crippen molar-refractivity contribution in [3.05, 3.63) is 69.3 Å². The molecule has 2 aromatic rings. The maximum Gasteiger partial charge on any atom is 0.269 e. The minimum atomic E-state index is -0.609. The fraction of sp³-hybridized carbons (Fsp3) is 0.300. The van der Waals surface area contributed by atoms with E-state index in [9.17, 15) is 19.7 Å². The number of nitro groups is 1. The lowest BCUT2D eigenvalue weighted by Gasteiger charge is -2.39. The Kier molecular flexibility index (Phi) is 4.94. The number of piperazine rings is 1. The van der Waals surface area contributed by atoms with E-state index in [2.05, 4.69) is 0 Å². The van der Waals surface area contributed by atoms with Crippen LogP contribution in [0.15, 0.2) is 42.5 Å². The number of hydrogen-bond donors (Lipinski definition) is 0. The van der Waals surface area contributed by atoms with E-state index in [0.29, 0.717) is 18.7 Å². The second kappa shape index (κ2) is 7.19. The van der Waals surface area contributed by atoms with Crippen LogP contribution in [0.5, 0.6) is 0 Å². The third kappa shape index (κ3) is 3.53. The minimum Gasteiger partial charge on any atom is -0.325 e. The van der Waals surface area contributed by atoms with E-state index < -0.39 is 11.0 Å². The van der Waals surface area contributed by atoms with Crippen LogP contribution >= 0.6 is 0 Å². The summed E-state index contributed by atoms with van der Waals surface area (Å²) in [6.45, 7) is 6.49. The highest BCUT2D eigenvalue weighted by atomic mass is 16.6. The van der Waals surface area contributed by atoms with Crippen LogP contribution in [0.3, 0.4) is 0 Å². The summed E-state index contributed by atoms with van der Waals surface area (Å²) in [6, 6.07) is 10.8. The highest BCUT2D eigenvalue weighted by molar-refractivity contribution is 6.03. The number of anilines is 1. The lowest BCUT2D eigenvalue weighted by molar-refractivity contribution is -0.384. The van der Waals surface area contributed by atoms with Gasteiger partial charge in [0.05, 0.1) is 4.92 Å². The van der Waals surface area contributed by atoms with E-state index in [0.717, 1.165) is 16.8 Å². The predicted octanol–water partition coefficient (Wildman–Crippen LogP) is 3.09. The van der Waals surface area contributed by atoms with E-state index in [4.69, 9.17) is 0 Å². The third-order valence-electron chi connectivity index (χ3n) is 4.88. The van der Waals surface area contributed by atoms with Gasteiger partial charge < -0.3 is 9.80 Å². The number of non-ortho nitro benzene ring substituents is 1. The molecule has 1 aliphatic rings. The van der Waals surface area contributed by atoms with E-state index in [-0.39, 0.29) is 17.5 Å². The highest BCUT2D eigenvalue weighted by Gasteiger charge is 2.35. The van der Waals surface area contributed by atoms with Gasteiger partial charge in [0.15, 0.2) is 0 Å². The first kappa shape index (κ1) is 18.6. The molecular formula is C20H21N3O4. The van der Waals surface area contributed by atoms with Crippen LogP contribution in [-0.2, 0) is 4.79 Å². The Balaban J connectivity index is 1.79. The van der Waals surface area contributed by atoms with Gasteiger partial charge in [0.1, 0.15) is 6.04 Å². The standard InChI is InChI=1S/C20H21N3O4/c1-13-4-9-18(14(2)12-13)22-11-10-21(15(3)19(22)24)20(25)16-5-7-17(8-6-16)23(26)27/h4-9,12,15H,10-11H2,1-3H3. The van der Waals surface area contributed by atoms with Crippen molar-refractivity contribution in [3.63, 3.8) is 0 Å². The van der Waals surface area contributed by atoms with Crippen molar-refractivity contribution >= 4 is 23.2 Å². The first-order chi connectivity index (χ1) is 12.8. The summed E-state index contributed by atoms with van der Waals surface area (Å²) in [4.78, 5) is 39.2. The van der Waals surface area contributed by atoms with Crippen molar-refractivity contribution in [3.8, 4) is 0 Å². The van der Waals surface area contributed by atoms with Crippen molar-refractivity contribution < 1.29 is 14.5 Å². The van der Waals surface area contributed by atoms with Gasteiger partial charge in [-0.3, -0.25) is 19.7 Å². The van der Waals surface area contributed by atoms with E-state index in [1.807, 2.05) is 32.0 Å². The van der Waals surface area contributed by atoms with Gasteiger partial charge in [0.25, 0.3) is 11.6 Å². The molecule has 1 heterocycles. The van der Waals surface area contributed by atoms with Gasteiger partial charge in [0.2, 0.25) is 5.91 Å². The van der Waals surface area contributed by atoms with Gasteiger partial charge in [-0.25, -0.2) is 0 Å². The van der Waals surface area contributed by atoms with Crippen LogP contribution in [-0.4, -0.2) is 40.8 Å². The SMILES string of the molecule is Cc1ccc(N2CCN(C(=O)c3ccc([N+](=O)[O-])cc3)C(C)C2=O)c(C)c1. The van der Waals surface area contributed by atoms with Crippen LogP contribution in [0.2, 0.25) is 0 Å². The monoisotopic (exact) mass is 367 g/mol. The molecule has 0 bridgehead atoms. The maximum absolute atomic E-state index is 12.9. The molecular weight excluding hydrogens is 346 g/mol.